The van der Waals surface area contributed by atoms with Crippen molar-refractivity contribution in [2.45, 2.75) is 26.8 Å². The second kappa shape index (κ2) is 7.41. The third-order valence-electron chi connectivity index (χ3n) is 4.01. The molecule has 0 bridgehead atoms. The average Bonchev–Trinajstić information content (AvgIpc) is 2.53. The van der Waals surface area contributed by atoms with Crippen molar-refractivity contribution in [3.63, 3.8) is 0 Å². The fraction of sp³-hybridized carbons (Fsp3) is 0.562. The van der Waals surface area contributed by atoms with Crippen LogP contribution in [0.2, 0.25) is 0 Å². The van der Waals surface area contributed by atoms with Gasteiger partial charge in [0.2, 0.25) is 0 Å². The number of carbonyl (C=O) groups excluding carboxylic acids is 1. The van der Waals surface area contributed by atoms with E-state index in [4.69, 9.17) is 0 Å². The molecule has 0 aliphatic carbocycles. The fourth-order valence-corrected chi connectivity index (χ4v) is 2.73. The maximum absolute atomic E-state index is 12.0. The van der Waals surface area contributed by atoms with Crippen LogP contribution in [0, 0.1) is 10.1 Å². The predicted molar refractivity (Wildman–Crippen MR) is 90.0 cm³/mol. The van der Waals surface area contributed by atoms with E-state index in [0.717, 1.165) is 32.7 Å². The summed E-state index contributed by atoms with van der Waals surface area (Å²) < 4.78 is 0. The molecule has 0 atom stereocenters. The maximum Gasteiger partial charge on any atom is 0.293 e. The van der Waals surface area contributed by atoms with E-state index in [1.54, 1.807) is 12.1 Å². The Bertz CT molecular complexity index is 581. The van der Waals surface area contributed by atoms with Crippen LogP contribution < -0.4 is 10.2 Å². The molecule has 1 N–H and O–H groups in total. The van der Waals surface area contributed by atoms with E-state index in [0.29, 0.717) is 11.3 Å². The zero-order valence-corrected chi connectivity index (χ0v) is 13.9. The number of likely N-dealkylation sites (N-methyl/N-ethyl adjacent to an activating group) is 1. The zero-order valence-electron chi connectivity index (χ0n) is 13.9. The lowest BCUT2D eigenvalue weighted by atomic mass is 10.1. The van der Waals surface area contributed by atoms with Crippen LogP contribution in [0.3, 0.4) is 0 Å². The van der Waals surface area contributed by atoms with E-state index in [-0.39, 0.29) is 17.6 Å². The van der Waals surface area contributed by atoms with Gasteiger partial charge >= 0.3 is 0 Å². The molecular weight excluding hydrogens is 296 g/mol. The van der Waals surface area contributed by atoms with Gasteiger partial charge in [0, 0.05) is 43.9 Å². The standard InChI is InChI=1S/C16H24N4O3/c1-4-18-7-9-19(10-8-18)14-6-5-13(11-15(14)20(22)23)16(21)17-12(2)3/h5-6,11-12H,4,7-10H2,1-3H3,(H,17,21). The summed E-state index contributed by atoms with van der Waals surface area (Å²) in [6, 6.07) is 4.71. The van der Waals surface area contributed by atoms with E-state index in [1.807, 2.05) is 18.7 Å². The summed E-state index contributed by atoms with van der Waals surface area (Å²) in [6.07, 6.45) is 0. The number of nitro groups is 1. The third kappa shape index (κ3) is 4.19. The number of carbonyl (C=O) groups is 1. The van der Waals surface area contributed by atoms with E-state index >= 15 is 0 Å². The summed E-state index contributed by atoms with van der Waals surface area (Å²) in [4.78, 5) is 27.4. The Morgan fingerprint density at radius 3 is 2.48 bits per heavy atom. The Morgan fingerprint density at radius 1 is 1.30 bits per heavy atom. The number of hydrogen-bond acceptors (Lipinski definition) is 5. The fourth-order valence-electron chi connectivity index (χ4n) is 2.73. The first-order valence-corrected chi connectivity index (χ1v) is 7.99. The van der Waals surface area contributed by atoms with Crippen LogP contribution in [0.5, 0.6) is 0 Å². The molecule has 1 heterocycles. The van der Waals surface area contributed by atoms with Gasteiger partial charge in [-0.05, 0) is 32.5 Å². The third-order valence-corrected chi connectivity index (χ3v) is 4.01. The highest BCUT2D eigenvalue weighted by Crippen LogP contribution is 2.30. The van der Waals surface area contributed by atoms with Gasteiger partial charge in [-0.3, -0.25) is 14.9 Å². The molecule has 7 nitrogen and oxygen atoms in total. The lowest BCUT2D eigenvalue weighted by Gasteiger charge is -2.35. The molecule has 1 aliphatic heterocycles. The first kappa shape index (κ1) is 17.2. The Morgan fingerprint density at radius 2 is 1.96 bits per heavy atom. The molecule has 0 radical (unpaired) electrons. The van der Waals surface area contributed by atoms with Gasteiger partial charge in [0.1, 0.15) is 5.69 Å². The molecular formula is C16H24N4O3. The molecule has 23 heavy (non-hydrogen) atoms. The number of anilines is 1. The van der Waals surface area contributed by atoms with Gasteiger partial charge in [-0.25, -0.2) is 0 Å². The molecule has 1 aromatic rings. The zero-order chi connectivity index (χ0) is 17.0. The summed E-state index contributed by atoms with van der Waals surface area (Å²) >= 11 is 0. The largest absolute Gasteiger partial charge is 0.363 e. The predicted octanol–water partition coefficient (Wildman–Crippen LogP) is 1.87. The van der Waals surface area contributed by atoms with Crippen molar-refractivity contribution in [1.82, 2.24) is 10.2 Å². The smallest absolute Gasteiger partial charge is 0.293 e. The van der Waals surface area contributed by atoms with E-state index in [2.05, 4.69) is 17.1 Å². The number of rotatable bonds is 5. The summed E-state index contributed by atoms with van der Waals surface area (Å²) in [7, 11) is 0. The SMILES string of the molecule is CCN1CCN(c2ccc(C(=O)NC(C)C)cc2[N+](=O)[O-])CC1. The molecule has 1 aromatic carbocycles. The molecule has 0 spiro atoms. The van der Waals surface area contributed by atoms with Crippen molar-refractivity contribution in [2.75, 3.05) is 37.6 Å². The average molecular weight is 320 g/mol. The molecule has 0 unspecified atom stereocenters. The van der Waals surface area contributed by atoms with Crippen molar-refractivity contribution < 1.29 is 9.72 Å². The molecule has 1 aliphatic rings. The lowest BCUT2D eigenvalue weighted by Crippen LogP contribution is -2.46. The van der Waals surface area contributed by atoms with Gasteiger partial charge in [-0.1, -0.05) is 6.92 Å². The molecule has 2 rings (SSSR count). The van der Waals surface area contributed by atoms with E-state index in [9.17, 15) is 14.9 Å². The number of piperazine rings is 1. The minimum Gasteiger partial charge on any atom is -0.363 e. The van der Waals surface area contributed by atoms with Crippen molar-refractivity contribution in [2.24, 2.45) is 0 Å². The molecule has 1 fully saturated rings. The lowest BCUT2D eigenvalue weighted by molar-refractivity contribution is -0.384. The number of nitrogens with one attached hydrogen (secondary N) is 1. The van der Waals surface area contributed by atoms with Crippen LogP contribution in [-0.4, -0.2) is 54.5 Å². The van der Waals surface area contributed by atoms with Gasteiger partial charge < -0.3 is 15.1 Å². The number of nitrogens with zero attached hydrogens (tertiary/aromatic N) is 3. The first-order chi connectivity index (χ1) is 10.9. The molecule has 0 saturated carbocycles. The van der Waals surface area contributed by atoms with Gasteiger partial charge in [-0.15, -0.1) is 0 Å². The topological polar surface area (TPSA) is 78.7 Å². The minimum absolute atomic E-state index is 0.00801. The van der Waals surface area contributed by atoms with Crippen LogP contribution in [0.1, 0.15) is 31.1 Å². The highest BCUT2D eigenvalue weighted by Gasteiger charge is 2.24. The Balaban J connectivity index is 2.24. The highest BCUT2D eigenvalue weighted by molar-refractivity contribution is 5.96. The van der Waals surface area contributed by atoms with Crippen LogP contribution in [-0.2, 0) is 0 Å². The van der Waals surface area contributed by atoms with Gasteiger partial charge in [0.25, 0.3) is 11.6 Å². The molecule has 0 aromatic heterocycles. The quantitative estimate of drug-likeness (QED) is 0.662. The number of amides is 1. The second-order valence-electron chi connectivity index (χ2n) is 6.01. The maximum atomic E-state index is 12.0. The summed E-state index contributed by atoms with van der Waals surface area (Å²) in [5.74, 6) is -0.287. The molecule has 1 saturated heterocycles. The Labute approximate surface area is 136 Å². The molecule has 7 heteroatoms. The van der Waals surface area contributed by atoms with Crippen LogP contribution in [0.25, 0.3) is 0 Å². The second-order valence-corrected chi connectivity index (χ2v) is 6.01. The molecule has 126 valence electrons. The van der Waals surface area contributed by atoms with Crippen LogP contribution >= 0.6 is 0 Å². The van der Waals surface area contributed by atoms with Crippen LogP contribution in [0.15, 0.2) is 18.2 Å². The summed E-state index contributed by atoms with van der Waals surface area (Å²) in [5.41, 5.74) is 0.902. The van der Waals surface area contributed by atoms with Gasteiger partial charge in [0.05, 0.1) is 4.92 Å². The molecule has 1 amide bonds. The Hall–Kier alpha value is -2.15. The van der Waals surface area contributed by atoms with E-state index < -0.39 is 4.92 Å². The van der Waals surface area contributed by atoms with Crippen molar-refractivity contribution in [1.29, 1.82) is 0 Å². The Kier molecular flexibility index (Phi) is 5.54. The summed E-state index contributed by atoms with van der Waals surface area (Å²) in [6.45, 7) is 10.1. The first-order valence-electron chi connectivity index (χ1n) is 7.99. The van der Waals surface area contributed by atoms with Crippen LogP contribution in [0.4, 0.5) is 11.4 Å². The summed E-state index contributed by atoms with van der Waals surface area (Å²) in [5, 5.41) is 14.2. The highest BCUT2D eigenvalue weighted by atomic mass is 16.6. The number of nitro benzene ring substituents is 1. The normalized spacial score (nSPS) is 15.7. The monoisotopic (exact) mass is 320 g/mol. The van der Waals surface area contributed by atoms with Gasteiger partial charge in [-0.2, -0.15) is 0 Å². The number of hydrogen-bond donors (Lipinski definition) is 1. The van der Waals surface area contributed by atoms with Crippen molar-refractivity contribution >= 4 is 17.3 Å². The number of benzene rings is 1. The van der Waals surface area contributed by atoms with Gasteiger partial charge in [0.15, 0.2) is 0 Å². The van der Waals surface area contributed by atoms with Crippen molar-refractivity contribution in [3.05, 3.63) is 33.9 Å². The van der Waals surface area contributed by atoms with E-state index in [1.165, 1.54) is 6.07 Å². The minimum atomic E-state index is -0.409. The van der Waals surface area contributed by atoms with Crippen molar-refractivity contribution in [3.8, 4) is 0 Å².